The molecule has 0 saturated carbocycles. The van der Waals surface area contributed by atoms with E-state index < -0.39 is 0 Å². The van der Waals surface area contributed by atoms with Crippen molar-refractivity contribution >= 4 is 0 Å². The van der Waals surface area contributed by atoms with Crippen LogP contribution in [0.25, 0.3) is 0 Å². The maximum Gasteiger partial charge on any atom is 0.115 e. The van der Waals surface area contributed by atoms with E-state index in [-0.39, 0.29) is 0 Å². The van der Waals surface area contributed by atoms with Crippen molar-refractivity contribution in [2.24, 2.45) is 11.8 Å². The minimum atomic E-state index is 0.409. The Bertz CT molecular complexity index is 328. The summed E-state index contributed by atoms with van der Waals surface area (Å²) in [6.07, 6.45) is 3.59. The summed E-state index contributed by atoms with van der Waals surface area (Å²) in [5.74, 6) is 2.01. The first-order valence-electron chi connectivity index (χ1n) is 5.47. The Morgan fingerprint density at radius 2 is 2.07 bits per heavy atom. The highest BCUT2D eigenvalue weighted by atomic mass is 16.3. The van der Waals surface area contributed by atoms with E-state index in [2.05, 4.69) is 19.9 Å². The standard InChI is InChI=1S/C13H18O/c1-9(2)10-3-4-12-8-13(14)6-5-11(12)7-10/h5-6,8-10,14H,3-4,7H2,1-2H3/t10-/m1/s1. The van der Waals surface area contributed by atoms with E-state index >= 15 is 0 Å². The molecule has 0 aliphatic heterocycles. The Kier molecular flexibility index (Phi) is 2.49. The van der Waals surface area contributed by atoms with E-state index in [0.717, 1.165) is 18.3 Å². The highest BCUT2D eigenvalue weighted by Crippen LogP contribution is 2.31. The molecule has 76 valence electrons. The average Bonchev–Trinajstić information content (AvgIpc) is 2.16. The van der Waals surface area contributed by atoms with Crippen LogP contribution < -0.4 is 0 Å². The van der Waals surface area contributed by atoms with Gasteiger partial charge in [0.1, 0.15) is 5.75 Å². The summed E-state index contributed by atoms with van der Waals surface area (Å²) in [6, 6.07) is 5.81. The normalized spacial score (nSPS) is 20.9. The van der Waals surface area contributed by atoms with Crippen LogP contribution in [0, 0.1) is 11.8 Å². The molecule has 1 aliphatic carbocycles. The van der Waals surface area contributed by atoms with E-state index in [0.29, 0.717) is 5.75 Å². The Morgan fingerprint density at radius 1 is 1.29 bits per heavy atom. The van der Waals surface area contributed by atoms with Gasteiger partial charge in [0.2, 0.25) is 0 Å². The number of aryl methyl sites for hydroxylation is 1. The van der Waals surface area contributed by atoms with Gasteiger partial charge in [0.15, 0.2) is 0 Å². The summed E-state index contributed by atoms with van der Waals surface area (Å²) in [6.45, 7) is 4.60. The summed E-state index contributed by atoms with van der Waals surface area (Å²) in [7, 11) is 0. The summed E-state index contributed by atoms with van der Waals surface area (Å²) < 4.78 is 0. The minimum Gasteiger partial charge on any atom is -0.508 e. The molecule has 1 atom stereocenters. The fourth-order valence-electron chi connectivity index (χ4n) is 2.34. The van der Waals surface area contributed by atoms with Gasteiger partial charge >= 0.3 is 0 Å². The van der Waals surface area contributed by atoms with E-state index in [4.69, 9.17) is 0 Å². The first-order valence-corrected chi connectivity index (χ1v) is 5.47. The summed E-state index contributed by atoms with van der Waals surface area (Å²) in [5.41, 5.74) is 2.79. The number of rotatable bonds is 1. The van der Waals surface area contributed by atoms with Crippen LogP contribution in [0.5, 0.6) is 5.75 Å². The van der Waals surface area contributed by atoms with Crippen LogP contribution in [0.1, 0.15) is 31.4 Å². The second kappa shape index (κ2) is 3.64. The molecule has 1 aromatic rings. The van der Waals surface area contributed by atoms with Crippen molar-refractivity contribution in [1.29, 1.82) is 0 Å². The molecule has 1 nitrogen and oxygen atoms in total. The third kappa shape index (κ3) is 1.77. The molecule has 14 heavy (non-hydrogen) atoms. The lowest BCUT2D eigenvalue weighted by Gasteiger charge is -2.27. The zero-order valence-corrected chi connectivity index (χ0v) is 8.96. The van der Waals surface area contributed by atoms with Gasteiger partial charge in [-0.2, -0.15) is 0 Å². The largest absolute Gasteiger partial charge is 0.508 e. The van der Waals surface area contributed by atoms with Crippen LogP contribution in [0.2, 0.25) is 0 Å². The smallest absolute Gasteiger partial charge is 0.115 e. The van der Waals surface area contributed by atoms with E-state index in [1.54, 1.807) is 0 Å². The van der Waals surface area contributed by atoms with Gasteiger partial charge < -0.3 is 5.11 Å². The molecule has 0 amide bonds. The first-order chi connectivity index (χ1) is 6.66. The molecule has 0 heterocycles. The van der Waals surface area contributed by atoms with E-state index in [1.807, 2.05) is 12.1 Å². The molecule has 1 aromatic carbocycles. The third-order valence-electron chi connectivity index (χ3n) is 3.40. The van der Waals surface area contributed by atoms with Crippen molar-refractivity contribution in [3.63, 3.8) is 0 Å². The molecular weight excluding hydrogens is 172 g/mol. The lowest BCUT2D eigenvalue weighted by Crippen LogP contribution is -2.18. The number of fused-ring (bicyclic) bond motifs is 1. The molecule has 0 radical (unpaired) electrons. The van der Waals surface area contributed by atoms with Crippen LogP contribution >= 0.6 is 0 Å². The predicted molar refractivity (Wildman–Crippen MR) is 58.5 cm³/mol. The number of hydrogen-bond acceptors (Lipinski definition) is 1. The highest BCUT2D eigenvalue weighted by molar-refractivity contribution is 5.36. The molecule has 1 heteroatoms. The molecule has 1 N–H and O–H groups in total. The minimum absolute atomic E-state index is 0.409. The second-order valence-electron chi connectivity index (χ2n) is 4.70. The maximum atomic E-state index is 9.36. The number of phenolic OH excluding ortho intramolecular Hbond substituents is 1. The third-order valence-corrected chi connectivity index (χ3v) is 3.40. The van der Waals surface area contributed by atoms with E-state index in [1.165, 1.54) is 24.0 Å². The topological polar surface area (TPSA) is 20.2 Å². The highest BCUT2D eigenvalue weighted by Gasteiger charge is 2.20. The monoisotopic (exact) mass is 190 g/mol. The number of benzene rings is 1. The Labute approximate surface area is 85.8 Å². The number of phenols is 1. The van der Waals surface area contributed by atoms with Gasteiger partial charge in [0.25, 0.3) is 0 Å². The average molecular weight is 190 g/mol. The van der Waals surface area contributed by atoms with Crippen molar-refractivity contribution < 1.29 is 5.11 Å². The van der Waals surface area contributed by atoms with Crippen LogP contribution in [-0.4, -0.2) is 5.11 Å². The fraction of sp³-hybridized carbons (Fsp3) is 0.538. The van der Waals surface area contributed by atoms with Crippen LogP contribution in [0.15, 0.2) is 18.2 Å². The molecular formula is C13H18O. The summed E-state index contributed by atoms with van der Waals surface area (Å²) in [4.78, 5) is 0. The van der Waals surface area contributed by atoms with Gasteiger partial charge in [0, 0.05) is 0 Å². The Morgan fingerprint density at radius 3 is 2.79 bits per heavy atom. The molecule has 2 rings (SSSR count). The number of hydrogen-bond donors (Lipinski definition) is 1. The van der Waals surface area contributed by atoms with Gasteiger partial charge in [-0.25, -0.2) is 0 Å². The maximum absolute atomic E-state index is 9.36. The van der Waals surface area contributed by atoms with Gasteiger partial charge in [0.05, 0.1) is 0 Å². The first kappa shape index (κ1) is 9.57. The van der Waals surface area contributed by atoms with E-state index in [9.17, 15) is 5.11 Å². The van der Waals surface area contributed by atoms with Gasteiger partial charge in [-0.15, -0.1) is 0 Å². The van der Waals surface area contributed by atoms with Crippen molar-refractivity contribution in [2.45, 2.75) is 33.1 Å². The molecule has 0 unspecified atom stereocenters. The quantitative estimate of drug-likeness (QED) is 0.721. The lowest BCUT2D eigenvalue weighted by molar-refractivity contribution is 0.342. The van der Waals surface area contributed by atoms with Crippen molar-refractivity contribution in [3.8, 4) is 5.75 Å². The molecule has 0 saturated heterocycles. The molecule has 0 fully saturated rings. The summed E-state index contributed by atoms with van der Waals surface area (Å²) in [5, 5.41) is 9.36. The van der Waals surface area contributed by atoms with Gasteiger partial charge in [-0.05, 0) is 54.4 Å². The SMILES string of the molecule is CC(C)[C@@H]1CCc2cc(O)ccc2C1. The zero-order valence-electron chi connectivity index (χ0n) is 8.96. The molecule has 0 bridgehead atoms. The van der Waals surface area contributed by atoms with Crippen molar-refractivity contribution in [3.05, 3.63) is 29.3 Å². The fourth-order valence-corrected chi connectivity index (χ4v) is 2.34. The second-order valence-corrected chi connectivity index (χ2v) is 4.70. The number of aromatic hydroxyl groups is 1. The van der Waals surface area contributed by atoms with Gasteiger partial charge in [-0.3, -0.25) is 0 Å². The summed E-state index contributed by atoms with van der Waals surface area (Å²) >= 11 is 0. The van der Waals surface area contributed by atoms with Crippen molar-refractivity contribution in [2.75, 3.05) is 0 Å². The predicted octanol–water partition coefficient (Wildman–Crippen LogP) is 3.15. The molecule has 1 aliphatic rings. The van der Waals surface area contributed by atoms with Crippen LogP contribution in [0.3, 0.4) is 0 Å². The van der Waals surface area contributed by atoms with Crippen molar-refractivity contribution in [1.82, 2.24) is 0 Å². The molecule has 0 spiro atoms. The Balaban J connectivity index is 2.23. The zero-order chi connectivity index (χ0) is 10.1. The van der Waals surface area contributed by atoms with Gasteiger partial charge in [-0.1, -0.05) is 19.9 Å². The molecule has 0 aromatic heterocycles. The lowest BCUT2D eigenvalue weighted by atomic mass is 9.78. The Hall–Kier alpha value is -0.980. The van der Waals surface area contributed by atoms with Crippen LogP contribution in [-0.2, 0) is 12.8 Å². The van der Waals surface area contributed by atoms with Crippen LogP contribution in [0.4, 0.5) is 0 Å².